The molecule has 3 aromatic rings. The van der Waals surface area contributed by atoms with E-state index in [4.69, 9.17) is 4.74 Å². The first-order valence-corrected chi connectivity index (χ1v) is 10.0. The molecule has 3 N–H and O–H groups in total. The van der Waals surface area contributed by atoms with E-state index in [1.807, 2.05) is 74.1 Å². The highest BCUT2D eigenvalue weighted by molar-refractivity contribution is 6.10. The molecule has 2 aromatic carbocycles. The number of nitrogens with zero attached hydrogens (tertiary/aromatic N) is 3. The van der Waals surface area contributed by atoms with Gasteiger partial charge in [-0.2, -0.15) is 0 Å². The highest BCUT2D eigenvalue weighted by Gasteiger charge is 2.10. The van der Waals surface area contributed by atoms with Crippen molar-refractivity contribution in [3.05, 3.63) is 102 Å². The Morgan fingerprint density at radius 3 is 2.47 bits per heavy atom. The summed E-state index contributed by atoms with van der Waals surface area (Å²) in [7, 11) is 1.91. The predicted molar refractivity (Wildman–Crippen MR) is 129 cm³/mol. The molecule has 1 heterocycles. The van der Waals surface area contributed by atoms with E-state index in [1.54, 1.807) is 6.07 Å². The molecule has 164 valence electrons. The van der Waals surface area contributed by atoms with Crippen LogP contribution in [-0.4, -0.2) is 15.6 Å². The van der Waals surface area contributed by atoms with Gasteiger partial charge >= 0.3 is 0 Å². The van der Waals surface area contributed by atoms with Gasteiger partial charge in [0.05, 0.1) is 5.69 Å². The summed E-state index contributed by atoms with van der Waals surface area (Å²) in [5.74, 6) is 2.04. The summed E-state index contributed by atoms with van der Waals surface area (Å²) in [5, 5.41) is 12.6. The normalized spacial score (nSPS) is 11.8. The molecular weight excluding hydrogens is 402 g/mol. The molecule has 0 atom stereocenters. The molecule has 0 spiro atoms. The van der Waals surface area contributed by atoms with E-state index in [0.29, 0.717) is 17.3 Å². The van der Waals surface area contributed by atoms with Crippen LogP contribution in [0.4, 0.5) is 11.4 Å². The molecule has 7 heteroatoms. The molecule has 0 radical (unpaired) electrons. The largest absolute Gasteiger partial charge is 0.457 e. The van der Waals surface area contributed by atoms with Gasteiger partial charge in [-0.15, -0.1) is 0 Å². The van der Waals surface area contributed by atoms with Crippen LogP contribution in [0, 0.1) is 13.8 Å². The molecule has 0 fully saturated rings. The minimum absolute atomic E-state index is 0.572. The van der Waals surface area contributed by atoms with Crippen LogP contribution in [0.3, 0.4) is 0 Å². The second-order valence-corrected chi connectivity index (χ2v) is 7.15. The van der Waals surface area contributed by atoms with Gasteiger partial charge in [-0.25, -0.2) is 9.98 Å². The maximum Gasteiger partial charge on any atom is 0.137 e. The van der Waals surface area contributed by atoms with Gasteiger partial charge in [0, 0.05) is 43.0 Å². The molecule has 0 aliphatic heterocycles. The summed E-state index contributed by atoms with van der Waals surface area (Å²) in [6.07, 6.45) is 4.87. The quantitative estimate of drug-likeness (QED) is 0.271. The molecule has 0 aliphatic rings. The van der Waals surface area contributed by atoms with E-state index < -0.39 is 0 Å². The number of aliphatic imine (C=N–C) groups is 1. The number of rotatable bonds is 7. The third kappa shape index (κ3) is 5.33. The molecule has 0 saturated carbocycles. The Hall–Kier alpha value is -4.10. The lowest BCUT2D eigenvalue weighted by atomic mass is 10.1. The molecule has 0 saturated heterocycles. The minimum Gasteiger partial charge on any atom is -0.457 e. The van der Waals surface area contributed by atoms with Crippen molar-refractivity contribution in [1.29, 1.82) is 0 Å². The fraction of sp³-hybridized carbons (Fsp3) is 0.120. The molecule has 0 aliphatic carbocycles. The van der Waals surface area contributed by atoms with Gasteiger partial charge in [-0.05, 0) is 61.4 Å². The third-order valence-electron chi connectivity index (χ3n) is 4.83. The zero-order chi connectivity index (χ0) is 23.1. The van der Waals surface area contributed by atoms with E-state index >= 15 is 0 Å². The fourth-order valence-corrected chi connectivity index (χ4v) is 3.14. The molecule has 3 rings (SSSR count). The number of amidine groups is 1. The monoisotopic (exact) mass is 429 g/mol. The third-order valence-corrected chi connectivity index (χ3v) is 4.83. The van der Waals surface area contributed by atoms with Crippen molar-refractivity contribution >= 4 is 17.2 Å². The predicted octanol–water partition coefficient (Wildman–Crippen LogP) is 5.28. The molecule has 32 heavy (non-hydrogen) atoms. The van der Waals surface area contributed by atoms with Gasteiger partial charge in [-0.3, -0.25) is 10.7 Å². The smallest absolute Gasteiger partial charge is 0.137 e. The van der Waals surface area contributed by atoms with E-state index in [0.717, 1.165) is 33.6 Å². The van der Waals surface area contributed by atoms with Gasteiger partial charge < -0.3 is 14.6 Å². The number of hydrogen-bond acceptors (Lipinski definition) is 5. The first kappa shape index (κ1) is 22.6. The molecule has 0 amide bonds. The summed E-state index contributed by atoms with van der Waals surface area (Å²) in [4.78, 5) is 8.63. The Kier molecular flexibility index (Phi) is 7.25. The van der Waals surface area contributed by atoms with E-state index in [9.17, 15) is 5.21 Å². The summed E-state index contributed by atoms with van der Waals surface area (Å²) in [6, 6.07) is 15.1. The number of anilines is 2. The lowest BCUT2D eigenvalue weighted by molar-refractivity contribution is 0.389. The number of nitrogens with one attached hydrogen (secondary N) is 2. The van der Waals surface area contributed by atoms with Crippen molar-refractivity contribution in [2.45, 2.75) is 13.8 Å². The van der Waals surface area contributed by atoms with Crippen LogP contribution >= 0.6 is 0 Å². The van der Waals surface area contributed by atoms with Crippen molar-refractivity contribution < 1.29 is 9.94 Å². The average molecular weight is 430 g/mol. The first-order valence-electron chi connectivity index (χ1n) is 10.0. The zero-order valence-electron chi connectivity index (χ0n) is 18.5. The number of pyridine rings is 1. The van der Waals surface area contributed by atoms with Gasteiger partial charge in [0.25, 0.3) is 0 Å². The minimum atomic E-state index is 0.572. The number of ether oxygens (including phenoxy) is 1. The standard InChI is InChI=1S/C25H27N5O2/c1-6-26-24-16-21(12-13-30(24)5)32-23-11-10-19(14-18(23)4)28-25(27-7-2)22-15-20(29-31)9-8-17(22)3/h6-16,29,31H,1-2H2,3-5H3,(H,27,28)/b26-24-. The molecule has 0 unspecified atom stereocenters. The molecule has 7 nitrogen and oxygen atoms in total. The summed E-state index contributed by atoms with van der Waals surface area (Å²) in [5.41, 5.74) is 7.14. The van der Waals surface area contributed by atoms with Gasteiger partial charge in [0.2, 0.25) is 0 Å². The van der Waals surface area contributed by atoms with Crippen molar-refractivity contribution in [2.24, 2.45) is 17.0 Å². The van der Waals surface area contributed by atoms with Crippen LogP contribution in [0.2, 0.25) is 0 Å². The number of aromatic nitrogens is 1. The second-order valence-electron chi connectivity index (χ2n) is 7.15. The highest BCUT2D eigenvalue weighted by atomic mass is 16.5. The lowest BCUT2D eigenvalue weighted by Crippen LogP contribution is -2.16. The van der Waals surface area contributed by atoms with Crippen molar-refractivity contribution in [2.75, 3.05) is 10.8 Å². The number of aryl methyl sites for hydroxylation is 3. The van der Waals surface area contributed by atoms with Gasteiger partial charge in [-0.1, -0.05) is 19.2 Å². The second kappa shape index (κ2) is 10.3. The zero-order valence-corrected chi connectivity index (χ0v) is 18.5. The van der Waals surface area contributed by atoms with Crippen LogP contribution in [0.25, 0.3) is 0 Å². The Morgan fingerprint density at radius 1 is 1.00 bits per heavy atom. The number of benzene rings is 2. The summed E-state index contributed by atoms with van der Waals surface area (Å²) < 4.78 is 7.96. The summed E-state index contributed by atoms with van der Waals surface area (Å²) >= 11 is 0. The highest BCUT2D eigenvalue weighted by Crippen LogP contribution is 2.27. The van der Waals surface area contributed by atoms with E-state index in [-0.39, 0.29) is 0 Å². The fourth-order valence-electron chi connectivity index (χ4n) is 3.14. The topological polar surface area (TPSA) is 83.2 Å². The van der Waals surface area contributed by atoms with E-state index in [2.05, 4.69) is 33.9 Å². The Morgan fingerprint density at radius 2 is 1.78 bits per heavy atom. The molecular formula is C25H27N5O2. The Bertz CT molecular complexity index is 1240. The lowest BCUT2D eigenvalue weighted by Gasteiger charge is -2.15. The maximum absolute atomic E-state index is 9.25. The van der Waals surface area contributed by atoms with Crippen molar-refractivity contribution in [3.63, 3.8) is 0 Å². The van der Waals surface area contributed by atoms with Gasteiger partial charge in [0.15, 0.2) is 0 Å². The SMILES string of the molecule is C=C/N=c1/cc(Oc2ccc(N/C(=N/C=C)c3cc(NO)ccc3C)cc2C)ccn1C. The van der Waals surface area contributed by atoms with Crippen LogP contribution in [-0.2, 0) is 7.05 Å². The summed E-state index contributed by atoms with van der Waals surface area (Å²) in [6.45, 7) is 11.3. The van der Waals surface area contributed by atoms with Crippen molar-refractivity contribution in [3.8, 4) is 11.5 Å². The number of hydrogen-bond donors (Lipinski definition) is 3. The Balaban J connectivity index is 1.87. The van der Waals surface area contributed by atoms with Crippen molar-refractivity contribution in [1.82, 2.24) is 4.57 Å². The molecule has 1 aromatic heterocycles. The maximum atomic E-state index is 9.25. The van der Waals surface area contributed by atoms with Gasteiger partial charge in [0.1, 0.15) is 22.8 Å². The average Bonchev–Trinajstić information content (AvgIpc) is 2.78. The van der Waals surface area contributed by atoms with Crippen LogP contribution < -0.4 is 21.0 Å². The van der Waals surface area contributed by atoms with Crippen LogP contribution in [0.15, 0.2) is 90.3 Å². The Labute approximate surface area is 187 Å². The first-order chi connectivity index (χ1) is 15.4. The van der Waals surface area contributed by atoms with E-state index in [1.165, 1.54) is 12.4 Å². The molecule has 0 bridgehead atoms. The van der Waals surface area contributed by atoms with Crippen LogP contribution in [0.1, 0.15) is 16.7 Å². The van der Waals surface area contributed by atoms with Crippen LogP contribution in [0.5, 0.6) is 11.5 Å².